The Morgan fingerprint density at radius 2 is 1.96 bits per heavy atom. The van der Waals surface area contributed by atoms with Crippen molar-refractivity contribution in [2.75, 3.05) is 0 Å². The van der Waals surface area contributed by atoms with E-state index < -0.39 is 5.82 Å². The predicted octanol–water partition coefficient (Wildman–Crippen LogP) is 3.68. The SMILES string of the molecule is O=C(c1ccc(F)cc1Cl)N1C2CCC1CC(n1ccnc1)C2. The zero-order valence-corrected chi connectivity index (χ0v) is 13.3. The Morgan fingerprint density at radius 3 is 2.57 bits per heavy atom. The van der Waals surface area contributed by atoms with Crippen molar-refractivity contribution >= 4 is 17.5 Å². The van der Waals surface area contributed by atoms with Crippen LogP contribution in [0.5, 0.6) is 0 Å². The minimum atomic E-state index is -0.423. The molecule has 3 heterocycles. The van der Waals surface area contributed by atoms with Gasteiger partial charge in [0.25, 0.3) is 5.91 Å². The van der Waals surface area contributed by atoms with Gasteiger partial charge < -0.3 is 9.47 Å². The Bertz CT molecular complexity index is 719. The van der Waals surface area contributed by atoms with Gasteiger partial charge in [-0.15, -0.1) is 0 Å². The number of aromatic nitrogens is 2. The zero-order valence-electron chi connectivity index (χ0n) is 12.5. The molecule has 4 rings (SSSR count). The smallest absolute Gasteiger partial charge is 0.255 e. The quantitative estimate of drug-likeness (QED) is 0.840. The highest BCUT2D eigenvalue weighted by Gasteiger charge is 2.44. The van der Waals surface area contributed by atoms with Crippen molar-refractivity contribution in [2.45, 2.75) is 43.8 Å². The van der Waals surface area contributed by atoms with Gasteiger partial charge in [-0.3, -0.25) is 4.79 Å². The molecule has 4 nitrogen and oxygen atoms in total. The molecule has 120 valence electrons. The van der Waals surface area contributed by atoms with E-state index in [1.807, 2.05) is 17.4 Å². The van der Waals surface area contributed by atoms with Gasteiger partial charge in [-0.25, -0.2) is 9.37 Å². The van der Waals surface area contributed by atoms with Crippen LogP contribution in [-0.2, 0) is 0 Å². The van der Waals surface area contributed by atoms with Gasteiger partial charge in [-0.2, -0.15) is 0 Å². The molecule has 2 saturated heterocycles. The van der Waals surface area contributed by atoms with Crippen LogP contribution in [0, 0.1) is 5.82 Å². The highest BCUT2D eigenvalue weighted by Crippen LogP contribution is 2.41. The number of hydrogen-bond acceptors (Lipinski definition) is 2. The van der Waals surface area contributed by atoms with Crippen molar-refractivity contribution in [3.63, 3.8) is 0 Å². The summed E-state index contributed by atoms with van der Waals surface area (Å²) in [5.74, 6) is -0.500. The maximum atomic E-state index is 13.2. The summed E-state index contributed by atoms with van der Waals surface area (Å²) in [6.45, 7) is 0. The minimum absolute atomic E-state index is 0.0772. The summed E-state index contributed by atoms with van der Waals surface area (Å²) < 4.78 is 15.3. The molecule has 2 bridgehead atoms. The fraction of sp³-hybridized carbons (Fsp3) is 0.412. The van der Waals surface area contributed by atoms with Crippen molar-refractivity contribution in [1.29, 1.82) is 0 Å². The highest BCUT2D eigenvalue weighted by molar-refractivity contribution is 6.33. The first-order chi connectivity index (χ1) is 11.1. The topological polar surface area (TPSA) is 38.1 Å². The highest BCUT2D eigenvalue weighted by atomic mass is 35.5. The van der Waals surface area contributed by atoms with Gasteiger partial charge in [0.15, 0.2) is 0 Å². The fourth-order valence-electron chi connectivity index (χ4n) is 4.01. The number of piperidine rings is 1. The second-order valence-electron chi connectivity index (χ2n) is 6.36. The first-order valence-corrected chi connectivity index (χ1v) is 8.26. The third-order valence-corrected chi connectivity index (χ3v) is 5.36. The van der Waals surface area contributed by atoms with Crippen molar-refractivity contribution < 1.29 is 9.18 Å². The van der Waals surface area contributed by atoms with Crippen molar-refractivity contribution in [3.05, 3.63) is 53.3 Å². The van der Waals surface area contributed by atoms with Gasteiger partial charge in [0.2, 0.25) is 0 Å². The van der Waals surface area contributed by atoms with E-state index in [9.17, 15) is 9.18 Å². The number of nitrogens with zero attached hydrogens (tertiary/aromatic N) is 3. The van der Waals surface area contributed by atoms with Crippen LogP contribution in [0.25, 0.3) is 0 Å². The zero-order chi connectivity index (χ0) is 16.0. The summed E-state index contributed by atoms with van der Waals surface area (Å²) >= 11 is 6.07. The molecule has 2 atom stereocenters. The number of carbonyl (C=O) groups excluding carboxylic acids is 1. The Hall–Kier alpha value is -1.88. The summed E-state index contributed by atoms with van der Waals surface area (Å²) in [6.07, 6.45) is 9.50. The number of benzene rings is 1. The molecule has 0 saturated carbocycles. The molecule has 2 aliphatic heterocycles. The lowest BCUT2D eigenvalue weighted by Gasteiger charge is -2.39. The Morgan fingerprint density at radius 1 is 1.22 bits per heavy atom. The van der Waals surface area contributed by atoms with Crippen LogP contribution in [0.3, 0.4) is 0 Å². The number of amides is 1. The largest absolute Gasteiger partial charge is 0.334 e. The molecule has 23 heavy (non-hydrogen) atoms. The van der Waals surface area contributed by atoms with E-state index in [2.05, 4.69) is 9.55 Å². The summed E-state index contributed by atoms with van der Waals surface area (Å²) in [5.41, 5.74) is 0.394. The van der Waals surface area contributed by atoms with Gasteiger partial charge >= 0.3 is 0 Å². The van der Waals surface area contributed by atoms with E-state index in [-0.39, 0.29) is 23.0 Å². The van der Waals surface area contributed by atoms with Crippen LogP contribution in [0.2, 0.25) is 5.02 Å². The van der Waals surface area contributed by atoms with Crippen LogP contribution < -0.4 is 0 Å². The van der Waals surface area contributed by atoms with Crippen LogP contribution >= 0.6 is 11.6 Å². The van der Waals surface area contributed by atoms with Crippen LogP contribution in [0.4, 0.5) is 4.39 Å². The molecule has 0 spiro atoms. The van der Waals surface area contributed by atoms with Crippen molar-refractivity contribution in [2.24, 2.45) is 0 Å². The van der Waals surface area contributed by atoms with Crippen LogP contribution in [0.15, 0.2) is 36.9 Å². The van der Waals surface area contributed by atoms with Gasteiger partial charge in [0.05, 0.1) is 16.9 Å². The maximum Gasteiger partial charge on any atom is 0.255 e. The second kappa shape index (κ2) is 5.64. The van der Waals surface area contributed by atoms with Gasteiger partial charge in [0, 0.05) is 30.5 Å². The average Bonchev–Trinajstić information content (AvgIpc) is 3.13. The van der Waals surface area contributed by atoms with E-state index in [0.29, 0.717) is 11.6 Å². The number of carbonyl (C=O) groups is 1. The molecule has 1 aromatic heterocycles. The van der Waals surface area contributed by atoms with E-state index in [4.69, 9.17) is 11.6 Å². The Balaban J connectivity index is 1.58. The average molecular weight is 334 g/mol. The number of imidazole rings is 1. The monoisotopic (exact) mass is 333 g/mol. The molecule has 1 aromatic carbocycles. The van der Waals surface area contributed by atoms with E-state index in [1.54, 1.807) is 6.20 Å². The standard InChI is InChI=1S/C17H17ClFN3O/c18-16-7-11(19)1-4-15(16)17(23)22-12-2-3-13(22)9-14(8-12)21-6-5-20-10-21/h1,4-7,10,12-14H,2-3,8-9H2. The summed E-state index contributed by atoms with van der Waals surface area (Å²) in [5, 5.41) is 0.186. The molecular weight excluding hydrogens is 317 g/mol. The van der Waals surface area contributed by atoms with Gasteiger partial charge in [0.1, 0.15) is 5.82 Å². The fourth-order valence-corrected chi connectivity index (χ4v) is 4.26. The van der Waals surface area contributed by atoms with Crippen molar-refractivity contribution in [1.82, 2.24) is 14.5 Å². The molecule has 2 aromatic rings. The van der Waals surface area contributed by atoms with Crippen LogP contribution in [-0.4, -0.2) is 32.4 Å². The van der Waals surface area contributed by atoms with E-state index in [0.717, 1.165) is 25.7 Å². The molecular formula is C17H17ClFN3O. The Labute approximate surface area is 138 Å². The summed E-state index contributed by atoms with van der Waals surface area (Å²) in [7, 11) is 0. The molecule has 0 radical (unpaired) electrons. The molecule has 0 aliphatic carbocycles. The number of halogens is 2. The lowest BCUT2D eigenvalue weighted by molar-refractivity contribution is 0.0533. The second-order valence-corrected chi connectivity index (χ2v) is 6.76. The molecule has 2 unspecified atom stereocenters. The molecule has 2 fully saturated rings. The van der Waals surface area contributed by atoms with Gasteiger partial charge in [-0.1, -0.05) is 11.6 Å². The normalized spacial score (nSPS) is 26.5. The molecule has 1 amide bonds. The molecule has 6 heteroatoms. The van der Waals surface area contributed by atoms with E-state index in [1.165, 1.54) is 18.2 Å². The number of fused-ring (bicyclic) bond motifs is 2. The van der Waals surface area contributed by atoms with Crippen molar-refractivity contribution in [3.8, 4) is 0 Å². The number of hydrogen-bond donors (Lipinski definition) is 0. The van der Waals surface area contributed by atoms with Gasteiger partial charge in [-0.05, 0) is 43.9 Å². The minimum Gasteiger partial charge on any atom is -0.334 e. The Kier molecular flexibility index (Phi) is 3.60. The predicted molar refractivity (Wildman–Crippen MR) is 84.9 cm³/mol. The maximum absolute atomic E-state index is 13.2. The third kappa shape index (κ3) is 2.53. The molecule has 0 N–H and O–H groups in total. The van der Waals surface area contributed by atoms with Crippen LogP contribution in [0.1, 0.15) is 42.1 Å². The summed E-state index contributed by atoms with van der Waals surface area (Å²) in [6, 6.07) is 4.81. The molecule has 2 aliphatic rings. The lowest BCUT2D eigenvalue weighted by Crippen LogP contribution is -2.46. The summed E-state index contributed by atoms with van der Waals surface area (Å²) in [4.78, 5) is 19.0. The first kappa shape index (κ1) is 14.7. The third-order valence-electron chi connectivity index (χ3n) is 5.05. The lowest BCUT2D eigenvalue weighted by atomic mass is 9.96. The number of rotatable bonds is 2. The van der Waals surface area contributed by atoms with E-state index >= 15 is 0 Å². The first-order valence-electron chi connectivity index (χ1n) is 7.88.